The average Bonchev–Trinajstić information content (AvgIpc) is 2.70. The minimum absolute atomic E-state index is 0.750. The summed E-state index contributed by atoms with van der Waals surface area (Å²) in [4.78, 5) is 0. The second-order valence-corrected chi connectivity index (χ2v) is 6.31. The number of rotatable bonds is 3. The molecule has 0 aliphatic rings. The summed E-state index contributed by atoms with van der Waals surface area (Å²) >= 11 is 0. The van der Waals surface area contributed by atoms with Gasteiger partial charge < -0.3 is 11.5 Å². The van der Waals surface area contributed by atoms with Crippen molar-refractivity contribution in [3.63, 3.8) is 0 Å². The molecule has 0 aliphatic heterocycles. The summed E-state index contributed by atoms with van der Waals surface area (Å²) in [6, 6.07) is 32.8. The van der Waals surface area contributed by atoms with Crippen LogP contribution in [0.5, 0.6) is 0 Å². The van der Waals surface area contributed by atoms with E-state index in [4.69, 9.17) is 11.5 Å². The molecule has 0 fully saturated rings. The molecule has 0 bridgehead atoms. The lowest BCUT2D eigenvalue weighted by molar-refractivity contribution is 1.55. The Balaban J connectivity index is 2.06. The van der Waals surface area contributed by atoms with Gasteiger partial charge >= 0.3 is 0 Å². The van der Waals surface area contributed by atoms with E-state index in [9.17, 15) is 0 Å². The number of nitrogens with two attached hydrogens (primary N) is 2. The van der Waals surface area contributed by atoms with E-state index in [-0.39, 0.29) is 0 Å². The van der Waals surface area contributed by atoms with Crippen molar-refractivity contribution in [3.8, 4) is 33.4 Å². The Kier molecular flexibility index (Phi) is 4.16. The summed E-state index contributed by atoms with van der Waals surface area (Å²) in [6.07, 6.45) is 0. The molecule has 4 aromatic rings. The van der Waals surface area contributed by atoms with Gasteiger partial charge in [-0.05, 0) is 46.0 Å². The Morgan fingerprint density at radius 3 is 1.58 bits per heavy atom. The van der Waals surface area contributed by atoms with Gasteiger partial charge in [-0.1, -0.05) is 78.9 Å². The monoisotopic (exact) mass is 336 g/mol. The minimum atomic E-state index is 0.750. The van der Waals surface area contributed by atoms with Crippen molar-refractivity contribution < 1.29 is 0 Å². The van der Waals surface area contributed by atoms with Gasteiger partial charge in [0.15, 0.2) is 0 Å². The summed E-state index contributed by atoms with van der Waals surface area (Å²) in [6.45, 7) is 0. The molecule has 0 amide bonds. The molecule has 2 nitrogen and oxygen atoms in total. The third-order valence-electron chi connectivity index (χ3n) is 4.58. The highest BCUT2D eigenvalue weighted by Crippen LogP contribution is 2.43. The van der Waals surface area contributed by atoms with E-state index in [0.29, 0.717) is 0 Å². The number of anilines is 2. The third-order valence-corrected chi connectivity index (χ3v) is 4.58. The number of hydrogen-bond donors (Lipinski definition) is 2. The smallest absolute Gasteiger partial charge is 0.0400 e. The first-order valence-electron chi connectivity index (χ1n) is 8.63. The highest BCUT2D eigenvalue weighted by Gasteiger charge is 2.16. The normalized spacial score (nSPS) is 10.6. The van der Waals surface area contributed by atoms with Crippen molar-refractivity contribution in [1.29, 1.82) is 0 Å². The van der Waals surface area contributed by atoms with E-state index in [1.165, 1.54) is 0 Å². The van der Waals surface area contributed by atoms with Gasteiger partial charge in [0.25, 0.3) is 0 Å². The fraction of sp³-hybridized carbons (Fsp3) is 0. The Bertz CT molecular complexity index is 1020. The van der Waals surface area contributed by atoms with Crippen LogP contribution in [0.3, 0.4) is 0 Å². The summed E-state index contributed by atoms with van der Waals surface area (Å²) in [5, 5.41) is 0. The predicted molar refractivity (Wildman–Crippen MR) is 112 cm³/mol. The molecule has 4 rings (SSSR count). The molecular formula is C24H20N2. The molecule has 0 heterocycles. The van der Waals surface area contributed by atoms with Crippen LogP contribution >= 0.6 is 0 Å². The van der Waals surface area contributed by atoms with Crippen molar-refractivity contribution in [2.45, 2.75) is 0 Å². The van der Waals surface area contributed by atoms with Crippen LogP contribution in [0.15, 0.2) is 97.1 Å². The predicted octanol–water partition coefficient (Wildman–Crippen LogP) is 5.85. The van der Waals surface area contributed by atoms with Crippen LogP contribution in [0.25, 0.3) is 33.4 Å². The first-order valence-corrected chi connectivity index (χ1v) is 8.63. The molecule has 0 saturated heterocycles. The summed E-state index contributed by atoms with van der Waals surface area (Å²) in [5.74, 6) is 0. The lowest BCUT2D eigenvalue weighted by atomic mass is 9.86. The molecule has 0 radical (unpaired) electrons. The standard InChI is InChI=1S/C24H20N2/c25-20-13-11-19(12-14-20)23-21(17-7-3-1-4-8-17)15-16-22(26)24(23)18-9-5-2-6-10-18/h1-16H,25-26H2. The van der Waals surface area contributed by atoms with Crippen LogP contribution < -0.4 is 11.5 Å². The van der Waals surface area contributed by atoms with Crippen LogP contribution in [-0.4, -0.2) is 0 Å². The molecule has 0 atom stereocenters. The van der Waals surface area contributed by atoms with Crippen molar-refractivity contribution in [1.82, 2.24) is 0 Å². The number of nitrogen functional groups attached to an aromatic ring is 2. The zero-order valence-corrected chi connectivity index (χ0v) is 14.4. The van der Waals surface area contributed by atoms with Gasteiger partial charge in [0.2, 0.25) is 0 Å². The topological polar surface area (TPSA) is 52.0 Å². The summed E-state index contributed by atoms with van der Waals surface area (Å²) in [7, 11) is 0. The van der Waals surface area contributed by atoms with Crippen LogP contribution in [0.1, 0.15) is 0 Å². The van der Waals surface area contributed by atoms with E-state index in [1.54, 1.807) is 0 Å². The number of benzene rings is 4. The molecule has 126 valence electrons. The van der Waals surface area contributed by atoms with Gasteiger partial charge in [-0.2, -0.15) is 0 Å². The lowest BCUT2D eigenvalue weighted by Crippen LogP contribution is -1.97. The first kappa shape index (κ1) is 16.0. The van der Waals surface area contributed by atoms with E-state index in [2.05, 4.69) is 54.6 Å². The first-order chi connectivity index (χ1) is 12.7. The maximum atomic E-state index is 6.44. The van der Waals surface area contributed by atoms with E-state index in [1.807, 2.05) is 42.5 Å². The molecule has 0 aliphatic carbocycles. The van der Waals surface area contributed by atoms with Gasteiger partial charge in [0, 0.05) is 16.9 Å². The molecule has 0 aromatic heterocycles. The minimum Gasteiger partial charge on any atom is -0.399 e. The molecule has 0 saturated carbocycles. The Labute approximate surface area is 153 Å². The van der Waals surface area contributed by atoms with Crippen molar-refractivity contribution in [3.05, 3.63) is 97.1 Å². The highest BCUT2D eigenvalue weighted by atomic mass is 14.6. The molecule has 0 spiro atoms. The molecule has 4 N–H and O–H groups in total. The molecular weight excluding hydrogens is 316 g/mol. The van der Waals surface area contributed by atoms with Gasteiger partial charge in [0.05, 0.1) is 0 Å². The number of hydrogen-bond acceptors (Lipinski definition) is 2. The zero-order valence-electron chi connectivity index (χ0n) is 14.4. The quantitative estimate of drug-likeness (QED) is 0.461. The second kappa shape index (κ2) is 6.77. The second-order valence-electron chi connectivity index (χ2n) is 6.31. The van der Waals surface area contributed by atoms with Crippen molar-refractivity contribution in [2.75, 3.05) is 11.5 Å². The molecule has 2 heteroatoms. The van der Waals surface area contributed by atoms with E-state index < -0.39 is 0 Å². The lowest BCUT2D eigenvalue weighted by Gasteiger charge is -2.18. The fourth-order valence-electron chi connectivity index (χ4n) is 3.34. The summed E-state index contributed by atoms with van der Waals surface area (Å²) < 4.78 is 0. The average molecular weight is 336 g/mol. The Hall–Kier alpha value is -3.52. The maximum Gasteiger partial charge on any atom is 0.0400 e. The van der Waals surface area contributed by atoms with Gasteiger partial charge in [-0.15, -0.1) is 0 Å². The van der Waals surface area contributed by atoms with E-state index in [0.717, 1.165) is 44.8 Å². The van der Waals surface area contributed by atoms with Crippen LogP contribution in [0.2, 0.25) is 0 Å². The van der Waals surface area contributed by atoms with Crippen LogP contribution in [0.4, 0.5) is 11.4 Å². The van der Waals surface area contributed by atoms with Gasteiger partial charge in [-0.3, -0.25) is 0 Å². The van der Waals surface area contributed by atoms with E-state index >= 15 is 0 Å². The molecule has 26 heavy (non-hydrogen) atoms. The van der Waals surface area contributed by atoms with Gasteiger partial charge in [0.1, 0.15) is 0 Å². The fourth-order valence-corrected chi connectivity index (χ4v) is 3.34. The Morgan fingerprint density at radius 1 is 0.423 bits per heavy atom. The third kappa shape index (κ3) is 2.93. The summed E-state index contributed by atoms with van der Waals surface area (Å²) in [5.41, 5.74) is 20.6. The Morgan fingerprint density at radius 2 is 0.962 bits per heavy atom. The van der Waals surface area contributed by atoms with Crippen LogP contribution in [-0.2, 0) is 0 Å². The largest absolute Gasteiger partial charge is 0.399 e. The SMILES string of the molecule is Nc1ccc(-c2c(-c3ccccc3)ccc(N)c2-c2ccccc2)cc1. The maximum absolute atomic E-state index is 6.44. The zero-order chi connectivity index (χ0) is 17.9. The molecule has 4 aromatic carbocycles. The highest BCUT2D eigenvalue weighted by molar-refractivity contribution is 5.99. The van der Waals surface area contributed by atoms with Crippen LogP contribution in [0, 0.1) is 0 Å². The van der Waals surface area contributed by atoms with Crippen molar-refractivity contribution in [2.24, 2.45) is 0 Å². The molecule has 0 unspecified atom stereocenters. The van der Waals surface area contributed by atoms with Gasteiger partial charge in [-0.25, -0.2) is 0 Å². The van der Waals surface area contributed by atoms with Crippen molar-refractivity contribution >= 4 is 11.4 Å².